The van der Waals surface area contributed by atoms with E-state index < -0.39 is 0 Å². The number of rotatable bonds is 6. The summed E-state index contributed by atoms with van der Waals surface area (Å²) in [5.74, 6) is 2.80. The minimum absolute atomic E-state index is 0.0216. The number of hydrogen-bond donors (Lipinski definition) is 2. The number of nitrogen functional groups attached to an aromatic ring is 1. The van der Waals surface area contributed by atoms with E-state index in [1.807, 2.05) is 31.2 Å². The Labute approximate surface area is 123 Å². The van der Waals surface area contributed by atoms with Gasteiger partial charge in [-0.15, -0.1) is 0 Å². The van der Waals surface area contributed by atoms with Crippen LogP contribution in [0.1, 0.15) is 12.7 Å². The fraction of sp³-hybridized carbons (Fsp3) is 0.357. The van der Waals surface area contributed by atoms with Gasteiger partial charge in [-0.2, -0.15) is 15.0 Å². The Morgan fingerprint density at radius 1 is 1.14 bits per heavy atom. The molecular formula is C14H19N5O2. The average Bonchev–Trinajstić information content (AvgIpc) is 2.44. The molecule has 1 aromatic carbocycles. The lowest BCUT2D eigenvalue weighted by Gasteiger charge is -2.15. The molecule has 0 saturated heterocycles. The van der Waals surface area contributed by atoms with Crippen LogP contribution in [0, 0.1) is 6.92 Å². The molecule has 21 heavy (non-hydrogen) atoms. The first-order valence-corrected chi connectivity index (χ1v) is 6.58. The Kier molecular flexibility index (Phi) is 4.76. The predicted octanol–water partition coefficient (Wildman–Crippen LogP) is 1.65. The highest BCUT2D eigenvalue weighted by Gasteiger charge is 2.07. The smallest absolute Gasteiger partial charge is 0.228 e. The van der Waals surface area contributed by atoms with Crippen molar-refractivity contribution in [2.75, 3.05) is 24.8 Å². The van der Waals surface area contributed by atoms with Gasteiger partial charge in [0.25, 0.3) is 0 Å². The van der Waals surface area contributed by atoms with E-state index >= 15 is 0 Å². The number of hydrogen-bond acceptors (Lipinski definition) is 7. The van der Waals surface area contributed by atoms with Crippen molar-refractivity contribution in [2.24, 2.45) is 0 Å². The lowest BCUT2D eigenvalue weighted by Crippen LogP contribution is -2.25. The van der Waals surface area contributed by atoms with E-state index in [9.17, 15) is 0 Å². The van der Waals surface area contributed by atoms with Gasteiger partial charge in [0.2, 0.25) is 11.9 Å². The third kappa shape index (κ3) is 4.48. The molecule has 7 heteroatoms. The van der Waals surface area contributed by atoms with Crippen molar-refractivity contribution < 1.29 is 9.47 Å². The van der Waals surface area contributed by atoms with Crippen LogP contribution < -0.4 is 20.5 Å². The molecular weight excluding hydrogens is 270 g/mol. The fourth-order valence-corrected chi connectivity index (χ4v) is 1.72. The van der Waals surface area contributed by atoms with Gasteiger partial charge < -0.3 is 20.5 Å². The van der Waals surface area contributed by atoms with Crippen LogP contribution in [0.2, 0.25) is 0 Å². The standard InChI is InChI=1S/C14H19N5O2/c1-9(16-14-18-10(2)17-13(15)19-14)8-21-12-6-4-11(20-3)5-7-12/h4-7,9H,8H2,1-3H3,(H3,15,16,17,18,19). The highest BCUT2D eigenvalue weighted by atomic mass is 16.5. The highest BCUT2D eigenvalue weighted by molar-refractivity contribution is 5.33. The zero-order valence-electron chi connectivity index (χ0n) is 12.3. The van der Waals surface area contributed by atoms with Gasteiger partial charge in [-0.25, -0.2) is 0 Å². The molecule has 1 unspecified atom stereocenters. The molecule has 0 bridgehead atoms. The summed E-state index contributed by atoms with van der Waals surface area (Å²) in [4.78, 5) is 12.1. The van der Waals surface area contributed by atoms with Crippen LogP contribution in [-0.2, 0) is 0 Å². The van der Waals surface area contributed by atoms with Crippen molar-refractivity contribution in [2.45, 2.75) is 19.9 Å². The molecule has 112 valence electrons. The molecule has 1 aromatic heterocycles. The van der Waals surface area contributed by atoms with E-state index in [4.69, 9.17) is 15.2 Å². The molecule has 0 saturated carbocycles. The third-order valence-electron chi connectivity index (χ3n) is 2.70. The summed E-state index contributed by atoms with van der Waals surface area (Å²) >= 11 is 0. The van der Waals surface area contributed by atoms with Gasteiger partial charge in [0, 0.05) is 0 Å². The summed E-state index contributed by atoms with van der Waals surface area (Å²) in [6, 6.07) is 7.44. The summed E-state index contributed by atoms with van der Waals surface area (Å²) in [5, 5.41) is 3.12. The van der Waals surface area contributed by atoms with Gasteiger partial charge in [-0.1, -0.05) is 0 Å². The van der Waals surface area contributed by atoms with E-state index in [0.29, 0.717) is 18.4 Å². The minimum Gasteiger partial charge on any atom is -0.497 e. The average molecular weight is 289 g/mol. The second-order valence-corrected chi connectivity index (χ2v) is 4.60. The van der Waals surface area contributed by atoms with Crippen LogP contribution in [0.5, 0.6) is 11.5 Å². The molecule has 1 heterocycles. The lowest BCUT2D eigenvalue weighted by atomic mass is 10.3. The molecule has 0 fully saturated rings. The SMILES string of the molecule is COc1ccc(OCC(C)Nc2nc(C)nc(N)n2)cc1. The fourth-order valence-electron chi connectivity index (χ4n) is 1.72. The van der Waals surface area contributed by atoms with Gasteiger partial charge in [0.1, 0.15) is 23.9 Å². The molecule has 0 aliphatic rings. The van der Waals surface area contributed by atoms with Crippen LogP contribution in [0.25, 0.3) is 0 Å². The number of benzene rings is 1. The molecule has 1 atom stereocenters. The number of aromatic nitrogens is 3. The molecule has 2 rings (SSSR count). The Morgan fingerprint density at radius 2 is 1.81 bits per heavy atom. The minimum atomic E-state index is 0.0216. The topological polar surface area (TPSA) is 95.2 Å². The first kappa shape index (κ1) is 14.8. The van der Waals surface area contributed by atoms with Crippen molar-refractivity contribution in [1.82, 2.24) is 15.0 Å². The monoisotopic (exact) mass is 289 g/mol. The second kappa shape index (κ2) is 6.74. The molecule has 3 N–H and O–H groups in total. The maximum atomic E-state index is 5.68. The van der Waals surface area contributed by atoms with Gasteiger partial charge >= 0.3 is 0 Å². The Morgan fingerprint density at radius 3 is 2.43 bits per heavy atom. The van der Waals surface area contributed by atoms with E-state index in [0.717, 1.165) is 11.5 Å². The van der Waals surface area contributed by atoms with Gasteiger partial charge in [-0.05, 0) is 38.1 Å². The van der Waals surface area contributed by atoms with Gasteiger partial charge in [0.05, 0.1) is 13.2 Å². The first-order chi connectivity index (χ1) is 10.1. The molecule has 0 aliphatic heterocycles. The van der Waals surface area contributed by atoms with Crippen LogP contribution in [0.4, 0.5) is 11.9 Å². The number of nitrogens with zero attached hydrogens (tertiary/aromatic N) is 3. The molecule has 0 amide bonds. The van der Waals surface area contributed by atoms with Gasteiger partial charge in [-0.3, -0.25) is 0 Å². The summed E-state index contributed by atoms with van der Waals surface area (Å²) in [5.41, 5.74) is 5.58. The van der Waals surface area contributed by atoms with E-state index in [-0.39, 0.29) is 12.0 Å². The largest absolute Gasteiger partial charge is 0.497 e. The summed E-state index contributed by atoms with van der Waals surface area (Å²) in [7, 11) is 1.63. The maximum Gasteiger partial charge on any atom is 0.228 e. The number of anilines is 2. The molecule has 0 aliphatic carbocycles. The predicted molar refractivity (Wildman–Crippen MR) is 80.6 cm³/mol. The Bertz CT molecular complexity index is 568. The van der Waals surface area contributed by atoms with E-state index in [1.165, 1.54) is 0 Å². The molecule has 0 spiro atoms. The van der Waals surface area contributed by atoms with E-state index in [2.05, 4.69) is 20.3 Å². The second-order valence-electron chi connectivity index (χ2n) is 4.60. The third-order valence-corrected chi connectivity index (χ3v) is 2.70. The van der Waals surface area contributed by atoms with Crippen LogP contribution >= 0.6 is 0 Å². The normalized spacial score (nSPS) is 11.8. The number of methoxy groups -OCH3 is 1. The summed E-state index contributed by atoms with van der Waals surface area (Å²) < 4.78 is 10.8. The number of ether oxygens (including phenoxy) is 2. The van der Waals surface area contributed by atoms with Crippen molar-refractivity contribution >= 4 is 11.9 Å². The van der Waals surface area contributed by atoms with E-state index in [1.54, 1.807) is 14.0 Å². The quantitative estimate of drug-likeness (QED) is 0.834. The number of aryl methyl sites for hydroxylation is 1. The zero-order valence-corrected chi connectivity index (χ0v) is 12.3. The Hall–Kier alpha value is -2.57. The maximum absolute atomic E-state index is 5.68. The van der Waals surface area contributed by atoms with Crippen LogP contribution in [-0.4, -0.2) is 34.7 Å². The highest BCUT2D eigenvalue weighted by Crippen LogP contribution is 2.17. The Balaban J connectivity index is 1.87. The lowest BCUT2D eigenvalue weighted by molar-refractivity contribution is 0.303. The van der Waals surface area contributed by atoms with Crippen molar-refractivity contribution in [3.8, 4) is 11.5 Å². The van der Waals surface area contributed by atoms with Crippen LogP contribution in [0.3, 0.4) is 0 Å². The van der Waals surface area contributed by atoms with Crippen molar-refractivity contribution in [3.63, 3.8) is 0 Å². The first-order valence-electron chi connectivity index (χ1n) is 6.58. The zero-order chi connectivity index (χ0) is 15.2. The molecule has 7 nitrogen and oxygen atoms in total. The molecule has 0 radical (unpaired) electrons. The van der Waals surface area contributed by atoms with Crippen LogP contribution in [0.15, 0.2) is 24.3 Å². The van der Waals surface area contributed by atoms with Crippen molar-refractivity contribution in [1.29, 1.82) is 0 Å². The molecule has 2 aromatic rings. The number of nitrogens with one attached hydrogen (secondary N) is 1. The summed E-state index contributed by atoms with van der Waals surface area (Å²) in [6.45, 7) is 4.21. The van der Waals surface area contributed by atoms with Crippen molar-refractivity contribution in [3.05, 3.63) is 30.1 Å². The summed E-state index contributed by atoms with van der Waals surface area (Å²) in [6.07, 6.45) is 0. The number of nitrogens with two attached hydrogens (primary N) is 1. The van der Waals surface area contributed by atoms with Gasteiger partial charge in [0.15, 0.2) is 0 Å².